The molecule has 0 N–H and O–H groups in total. The Bertz CT molecular complexity index is 394. The first-order chi connectivity index (χ1) is 9.02. The molecule has 0 spiro atoms. The predicted octanol–water partition coefficient (Wildman–Crippen LogP) is 1.95. The summed E-state index contributed by atoms with van der Waals surface area (Å²) < 4.78 is 22.8. The number of esters is 1. The number of hydrogen-bond acceptors (Lipinski definition) is 4. The Labute approximate surface area is 113 Å². The second kappa shape index (κ2) is 7.74. The molecule has 1 atom stereocenters. The summed E-state index contributed by atoms with van der Waals surface area (Å²) in [5.74, 6) is -0.0284. The van der Waals surface area contributed by atoms with Gasteiger partial charge in [-0.1, -0.05) is 6.92 Å². The third-order valence-corrected chi connectivity index (χ3v) is 2.74. The topological polar surface area (TPSA) is 38.8 Å². The van der Waals surface area contributed by atoms with E-state index in [1.807, 2.05) is 18.9 Å². The van der Waals surface area contributed by atoms with Crippen molar-refractivity contribution in [2.45, 2.75) is 6.92 Å². The van der Waals surface area contributed by atoms with Gasteiger partial charge in [0.1, 0.15) is 18.2 Å². The van der Waals surface area contributed by atoms with Gasteiger partial charge in [0.25, 0.3) is 0 Å². The fourth-order valence-corrected chi connectivity index (χ4v) is 1.68. The number of nitrogens with zero attached hydrogens (tertiary/aromatic N) is 1. The molecule has 0 fully saturated rings. The zero-order chi connectivity index (χ0) is 14.3. The molecule has 1 rings (SSSR count). The molecular formula is C14H20FNO3. The van der Waals surface area contributed by atoms with E-state index >= 15 is 0 Å². The molecule has 0 aliphatic carbocycles. The lowest BCUT2D eigenvalue weighted by Crippen LogP contribution is -2.32. The van der Waals surface area contributed by atoms with E-state index in [0.29, 0.717) is 25.4 Å². The van der Waals surface area contributed by atoms with Gasteiger partial charge in [-0.25, -0.2) is 4.39 Å². The highest BCUT2D eigenvalue weighted by molar-refractivity contribution is 5.72. The van der Waals surface area contributed by atoms with Crippen molar-refractivity contribution < 1.29 is 18.7 Å². The lowest BCUT2D eigenvalue weighted by atomic mass is 10.2. The quantitative estimate of drug-likeness (QED) is 0.709. The van der Waals surface area contributed by atoms with E-state index in [1.54, 1.807) is 12.1 Å². The molecule has 0 radical (unpaired) electrons. The van der Waals surface area contributed by atoms with Crippen molar-refractivity contribution >= 4 is 5.97 Å². The summed E-state index contributed by atoms with van der Waals surface area (Å²) in [6.45, 7) is 3.59. The summed E-state index contributed by atoms with van der Waals surface area (Å²) in [5, 5.41) is 0. The third-order valence-electron chi connectivity index (χ3n) is 2.74. The van der Waals surface area contributed by atoms with Crippen LogP contribution in [-0.2, 0) is 9.53 Å². The molecular weight excluding hydrogens is 249 g/mol. The molecule has 19 heavy (non-hydrogen) atoms. The number of rotatable bonds is 7. The van der Waals surface area contributed by atoms with Crippen molar-refractivity contribution in [3.05, 3.63) is 30.1 Å². The first-order valence-corrected chi connectivity index (χ1v) is 6.17. The number of methoxy groups -OCH3 is 1. The van der Waals surface area contributed by atoms with Gasteiger partial charge >= 0.3 is 5.97 Å². The second-order valence-electron chi connectivity index (χ2n) is 4.49. The zero-order valence-corrected chi connectivity index (χ0v) is 11.6. The maximum atomic E-state index is 12.7. The Morgan fingerprint density at radius 2 is 2.00 bits per heavy atom. The average molecular weight is 269 g/mol. The molecule has 4 nitrogen and oxygen atoms in total. The maximum Gasteiger partial charge on any atom is 0.309 e. The third kappa shape index (κ3) is 5.70. The number of benzene rings is 1. The van der Waals surface area contributed by atoms with Gasteiger partial charge in [0.05, 0.1) is 13.0 Å². The standard InChI is InChI=1S/C14H20FNO3/c1-11(14(17)18-3)10-16(2)8-9-19-13-6-4-12(15)5-7-13/h4-7,11H,8-10H2,1-3H3. The van der Waals surface area contributed by atoms with E-state index < -0.39 is 0 Å². The maximum absolute atomic E-state index is 12.7. The number of ether oxygens (including phenoxy) is 2. The number of hydrogen-bond donors (Lipinski definition) is 0. The summed E-state index contributed by atoms with van der Waals surface area (Å²) >= 11 is 0. The Morgan fingerprint density at radius 1 is 1.37 bits per heavy atom. The molecule has 0 bridgehead atoms. The molecule has 0 aromatic heterocycles. The second-order valence-corrected chi connectivity index (χ2v) is 4.49. The monoisotopic (exact) mass is 269 g/mol. The molecule has 0 aliphatic rings. The highest BCUT2D eigenvalue weighted by Gasteiger charge is 2.15. The van der Waals surface area contributed by atoms with E-state index in [4.69, 9.17) is 4.74 Å². The van der Waals surface area contributed by atoms with Crippen LogP contribution in [0.25, 0.3) is 0 Å². The van der Waals surface area contributed by atoms with Crippen LogP contribution in [0.5, 0.6) is 5.75 Å². The van der Waals surface area contributed by atoms with Crippen LogP contribution in [0.2, 0.25) is 0 Å². The van der Waals surface area contributed by atoms with Crippen LogP contribution in [0, 0.1) is 11.7 Å². The van der Waals surface area contributed by atoms with Gasteiger partial charge in [0, 0.05) is 13.1 Å². The number of likely N-dealkylation sites (N-methyl/N-ethyl adjacent to an activating group) is 1. The first kappa shape index (κ1) is 15.4. The molecule has 1 aromatic rings. The van der Waals surface area contributed by atoms with E-state index in [9.17, 15) is 9.18 Å². The SMILES string of the molecule is COC(=O)C(C)CN(C)CCOc1ccc(F)cc1. The Morgan fingerprint density at radius 3 is 2.58 bits per heavy atom. The fraction of sp³-hybridized carbons (Fsp3) is 0.500. The number of carbonyl (C=O) groups excluding carboxylic acids is 1. The molecule has 0 saturated carbocycles. The average Bonchev–Trinajstić information content (AvgIpc) is 2.40. The van der Waals surface area contributed by atoms with Crippen LogP contribution < -0.4 is 4.74 Å². The molecule has 0 aliphatic heterocycles. The molecule has 106 valence electrons. The summed E-state index contributed by atoms with van der Waals surface area (Å²) in [5.41, 5.74) is 0. The van der Waals surface area contributed by atoms with Crippen LogP contribution in [0.1, 0.15) is 6.92 Å². The minimum absolute atomic E-state index is 0.166. The minimum Gasteiger partial charge on any atom is -0.492 e. The van der Waals surface area contributed by atoms with Crippen LogP contribution in [0.15, 0.2) is 24.3 Å². The van der Waals surface area contributed by atoms with E-state index in [2.05, 4.69) is 4.74 Å². The lowest BCUT2D eigenvalue weighted by molar-refractivity contribution is -0.145. The molecule has 5 heteroatoms. The van der Waals surface area contributed by atoms with Crippen LogP contribution in [0.4, 0.5) is 4.39 Å². The summed E-state index contributed by atoms with van der Waals surface area (Å²) in [7, 11) is 3.30. The summed E-state index contributed by atoms with van der Waals surface area (Å²) in [4.78, 5) is 13.2. The van der Waals surface area contributed by atoms with Gasteiger partial charge < -0.3 is 14.4 Å². The van der Waals surface area contributed by atoms with Crippen LogP contribution in [-0.4, -0.2) is 44.7 Å². The molecule has 0 heterocycles. The number of halogens is 1. The Kier molecular flexibility index (Phi) is 6.29. The van der Waals surface area contributed by atoms with Gasteiger partial charge in [0.15, 0.2) is 0 Å². The van der Waals surface area contributed by atoms with Crippen molar-refractivity contribution in [3.63, 3.8) is 0 Å². The van der Waals surface area contributed by atoms with Gasteiger partial charge in [-0.05, 0) is 31.3 Å². The van der Waals surface area contributed by atoms with Gasteiger partial charge in [-0.3, -0.25) is 4.79 Å². The predicted molar refractivity (Wildman–Crippen MR) is 70.6 cm³/mol. The van der Waals surface area contributed by atoms with Gasteiger partial charge in [-0.15, -0.1) is 0 Å². The summed E-state index contributed by atoms with van der Waals surface area (Å²) in [6, 6.07) is 5.90. The van der Waals surface area contributed by atoms with E-state index in [-0.39, 0.29) is 17.7 Å². The first-order valence-electron chi connectivity index (χ1n) is 6.17. The molecule has 0 amide bonds. The van der Waals surface area contributed by atoms with Crippen LogP contribution in [0.3, 0.4) is 0 Å². The number of carbonyl (C=O) groups is 1. The minimum atomic E-state index is -0.281. The lowest BCUT2D eigenvalue weighted by Gasteiger charge is -2.19. The van der Waals surface area contributed by atoms with Crippen molar-refractivity contribution in [1.82, 2.24) is 4.90 Å². The van der Waals surface area contributed by atoms with E-state index in [0.717, 1.165) is 0 Å². The fourth-order valence-electron chi connectivity index (χ4n) is 1.68. The molecule has 1 aromatic carbocycles. The summed E-state index contributed by atoms with van der Waals surface area (Å²) in [6.07, 6.45) is 0. The smallest absolute Gasteiger partial charge is 0.309 e. The van der Waals surface area contributed by atoms with Gasteiger partial charge in [0.2, 0.25) is 0 Å². The Balaban J connectivity index is 2.25. The highest BCUT2D eigenvalue weighted by atomic mass is 19.1. The zero-order valence-electron chi connectivity index (χ0n) is 11.6. The van der Waals surface area contributed by atoms with Crippen molar-refractivity contribution in [2.75, 3.05) is 33.9 Å². The Hall–Kier alpha value is -1.62. The van der Waals surface area contributed by atoms with Crippen molar-refractivity contribution in [2.24, 2.45) is 5.92 Å². The molecule has 0 saturated heterocycles. The normalized spacial score (nSPS) is 12.3. The molecule has 1 unspecified atom stereocenters. The van der Waals surface area contributed by atoms with Crippen molar-refractivity contribution in [3.8, 4) is 5.75 Å². The largest absolute Gasteiger partial charge is 0.492 e. The van der Waals surface area contributed by atoms with Gasteiger partial charge in [-0.2, -0.15) is 0 Å². The van der Waals surface area contributed by atoms with Crippen LogP contribution >= 0.6 is 0 Å². The highest BCUT2D eigenvalue weighted by Crippen LogP contribution is 2.10. The van der Waals surface area contributed by atoms with E-state index in [1.165, 1.54) is 19.2 Å². The van der Waals surface area contributed by atoms with Crippen molar-refractivity contribution in [1.29, 1.82) is 0 Å².